The molecule has 0 aliphatic carbocycles. The average molecular weight is 372 g/mol. The van der Waals surface area contributed by atoms with E-state index in [2.05, 4.69) is 21.7 Å². The van der Waals surface area contributed by atoms with Crippen LogP contribution in [0, 0.1) is 11.3 Å². The van der Waals surface area contributed by atoms with Gasteiger partial charge < -0.3 is 15.4 Å². The molecule has 0 bridgehead atoms. The molecule has 2 aromatic carbocycles. The number of benzene rings is 2. The van der Waals surface area contributed by atoms with Crippen LogP contribution in [0.4, 0.5) is 11.4 Å². The first-order valence-corrected chi connectivity index (χ1v) is 8.81. The predicted molar refractivity (Wildman–Crippen MR) is 109 cm³/mol. The summed E-state index contributed by atoms with van der Waals surface area (Å²) in [5.74, 6) is 0.557. The number of hydrogen-bond acceptors (Lipinski definition) is 5. The Labute approximate surface area is 163 Å². The first-order chi connectivity index (χ1) is 13.7. The van der Waals surface area contributed by atoms with Gasteiger partial charge in [-0.25, -0.2) is 0 Å². The monoisotopic (exact) mass is 372 g/mol. The summed E-state index contributed by atoms with van der Waals surface area (Å²) in [6.45, 7) is 0.712. The molecule has 0 spiro atoms. The van der Waals surface area contributed by atoms with E-state index in [9.17, 15) is 4.79 Å². The number of methoxy groups -OCH3 is 1. The molecule has 0 saturated heterocycles. The molecule has 0 fully saturated rings. The van der Waals surface area contributed by atoms with Crippen LogP contribution in [-0.2, 0) is 6.42 Å². The van der Waals surface area contributed by atoms with Crippen molar-refractivity contribution in [3.63, 3.8) is 0 Å². The van der Waals surface area contributed by atoms with Gasteiger partial charge in [0.1, 0.15) is 5.75 Å². The van der Waals surface area contributed by atoms with Crippen LogP contribution in [0.1, 0.15) is 21.5 Å². The predicted octanol–water partition coefficient (Wildman–Crippen LogP) is 3.87. The maximum Gasteiger partial charge on any atom is 0.257 e. The Hall–Kier alpha value is -3.85. The summed E-state index contributed by atoms with van der Waals surface area (Å²) in [6.07, 6.45) is 4.03. The molecule has 0 saturated carbocycles. The van der Waals surface area contributed by atoms with Crippen molar-refractivity contribution < 1.29 is 9.53 Å². The highest BCUT2D eigenvalue weighted by molar-refractivity contribution is 6.04. The van der Waals surface area contributed by atoms with E-state index in [1.54, 1.807) is 43.6 Å². The molecule has 0 aliphatic rings. The SMILES string of the molecule is COc1ccc(CCNc2cncc(C(=O)Nc3cccc(C#N)c3)c2)cc1. The van der Waals surface area contributed by atoms with Crippen molar-refractivity contribution in [2.75, 3.05) is 24.3 Å². The molecule has 1 aromatic heterocycles. The van der Waals surface area contributed by atoms with Crippen LogP contribution in [0.15, 0.2) is 67.0 Å². The molecule has 6 heteroatoms. The van der Waals surface area contributed by atoms with Gasteiger partial charge in [-0.05, 0) is 48.4 Å². The van der Waals surface area contributed by atoms with E-state index in [1.165, 1.54) is 11.8 Å². The Morgan fingerprint density at radius 3 is 2.68 bits per heavy atom. The number of aromatic nitrogens is 1. The number of nitriles is 1. The lowest BCUT2D eigenvalue weighted by molar-refractivity contribution is 0.102. The van der Waals surface area contributed by atoms with Gasteiger partial charge in [0.15, 0.2) is 0 Å². The second-order valence-corrected chi connectivity index (χ2v) is 6.13. The first-order valence-electron chi connectivity index (χ1n) is 8.81. The van der Waals surface area contributed by atoms with Gasteiger partial charge in [0.25, 0.3) is 5.91 Å². The number of nitrogens with zero attached hydrogens (tertiary/aromatic N) is 2. The fraction of sp³-hybridized carbons (Fsp3) is 0.136. The van der Waals surface area contributed by atoms with Crippen LogP contribution in [-0.4, -0.2) is 24.5 Å². The fourth-order valence-corrected chi connectivity index (χ4v) is 2.67. The second-order valence-electron chi connectivity index (χ2n) is 6.13. The van der Waals surface area contributed by atoms with Gasteiger partial charge in [-0.2, -0.15) is 5.26 Å². The van der Waals surface area contributed by atoms with Crippen molar-refractivity contribution in [3.05, 3.63) is 83.7 Å². The Balaban J connectivity index is 1.58. The second kappa shape index (κ2) is 9.19. The number of rotatable bonds is 7. The average Bonchev–Trinajstić information content (AvgIpc) is 2.74. The summed E-state index contributed by atoms with van der Waals surface area (Å²) in [5.41, 5.74) is 3.46. The molecule has 1 amide bonds. The molecule has 0 radical (unpaired) electrons. The lowest BCUT2D eigenvalue weighted by atomic mass is 10.1. The van der Waals surface area contributed by atoms with E-state index in [-0.39, 0.29) is 5.91 Å². The maximum absolute atomic E-state index is 12.4. The molecule has 3 aromatic rings. The zero-order chi connectivity index (χ0) is 19.8. The highest BCUT2D eigenvalue weighted by atomic mass is 16.5. The number of pyridine rings is 1. The molecule has 0 aliphatic heterocycles. The van der Waals surface area contributed by atoms with Crippen molar-refractivity contribution in [3.8, 4) is 11.8 Å². The molecule has 0 unspecified atom stereocenters. The zero-order valence-corrected chi connectivity index (χ0v) is 15.5. The molecule has 140 valence electrons. The molecular weight excluding hydrogens is 352 g/mol. The molecular formula is C22H20N4O2. The molecule has 2 N–H and O–H groups in total. The minimum Gasteiger partial charge on any atom is -0.497 e. The summed E-state index contributed by atoms with van der Waals surface area (Å²) in [4.78, 5) is 16.6. The van der Waals surface area contributed by atoms with Gasteiger partial charge in [-0.3, -0.25) is 9.78 Å². The number of nitrogens with one attached hydrogen (secondary N) is 2. The third kappa shape index (κ3) is 5.08. The Kier molecular flexibility index (Phi) is 6.21. The lowest BCUT2D eigenvalue weighted by Gasteiger charge is -2.09. The van der Waals surface area contributed by atoms with Crippen molar-refractivity contribution in [2.24, 2.45) is 0 Å². The normalized spacial score (nSPS) is 10.0. The quantitative estimate of drug-likeness (QED) is 0.657. The van der Waals surface area contributed by atoms with Crippen molar-refractivity contribution >= 4 is 17.3 Å². The van der Waals surface area contributed by atoms with E-state index >= 15 is 0 Å². The van der Waals surface area contributed by atoms with Gasteiger partial charge in [-0.1, -0.05) is 18.2 Å². The fourth-order valence-electron chi connectivity index (χ4n) is 2.67. The number of amides is 1. The van der Waals surface area contributed by atoms with Gasteiger partial charge in [0, 0.05) is 24.6 Å². The number of anilines is 2. The Morgan fingerprint density at radius 2 is 1.93 bits per heavy atom. The van der Waals surface area contributed by atoms with E-state index in [4.69, 9.17) is 10.00 Å². The molecule has 0 atom stereocenters. The zero-order valence-electron chi connectivity index (χ0n) is 15.5. The van der Waals surface area contributed by atoms with Crippen LogP contribution in [0.5, 0.6) is 5.75 Å². The Bertz CT molecular complexity index is 994. The van der Waals surface area contributed by atoms with Crippen molar-refractivity contribution in [1.82, 2.24) is 4.98 Å². The Morgan fingerprint density at radius 1 is 1.11 bits per heavy atom. The van der Waals surface area contributed by atoms with E-state index < -0.39 is 0 Å². The minimum atomic E-state index is -0.276. The summed E-state index contributed by atoms with van der Waals surface area (Å²) in [5, 5.41) is 15.0. The molecule has 3 rings (SSSR count). The van der Waals surface area contributed by atoms with Crippen LogP contribution in [0.2, 0.25) is 0 Å². The van der Waals surface area contributed by atoms with Crippen LogP contribution >= 0.6 is 0 Å². The summed E-state index contributed by atoms with van der Waals surface area (Å²) >= 11 is 0. The third-order valence-corrected chi connectivity index (χ3v) is 4.15. The number of carbonyl (C=O) groups is 1. The maximum atomic E-state index is 12.4. The molecule has 1 heterocycles. The number of ether oxygens (including phenoxy) is 1. The standard InChI is InChI=1S/C22H20N4O2/c1-28-21-7-5-16(6-8-21)9-10-25-20-12-18(14-24-15-20)22(27)26-19-4-2-3-17(11-19)13-23/h2-8,11-12,14-15,25H,9-10H2,1H3,(H,26,27). The van der Waals surface area contributed by atoms with Crippen LogP contribution in [0.25, 0.3) is 0 Å². The highest BCUT2D eigenvalue weighted by Crippen LogP contribution is 2.15. The van der Waals surface area contributed by atoms with Gasteiger partial charge in [-0.15, -0.1) is 0 Å². The summed E-state index contributed by atoms with van der Waals surface area (Å²) in [7, 11) is 1.65. The molecule has 6 nitrogen and oxygen atoms in total. The van der Waals surface area contributed by atoms with E-state index in [0.29, 0.717) is 23.4 Å². The van der Waals surface area contributed by atoms with Gasteiger partial charge in [0.2, 0.25) is 0 Å². The highest BCUT2D eigenvalue weighted by Gasteiger charge is 2.08. The summed E-state index contributed by atoms with van der Waals surface area (Å²) in [6, 6.07) is 18.5. The smallest absolute Gasteiger partial charge is 0.257 e. The first kappa shape index (κ1) is 18.9. The van der Waals surface area contributed by atoms with Gasteiger partial charge in [0.05, 0.1) is 30.0 Å². The van der Waals surface area contributed by atoms with Crippen LogP contribution in [0.3, 0.4) is 0 Å². The van der Waals surface area contributed by atoms with E-state index in [0.717, 1.165) is 17.9 Å². The topological polar surface area (TPSA) is 87.0 Å². The minimum absolute atomic E-state index is 0.276. The summed E-state index contributed by atoms with van der Waals surface area (Å²) < 4.78 is 5.16. The van der Waals surface area contributed by atoms with Crippen molar-refractivity contribution in [1.29, 1.82) is 5.26 Å². The third-order valence-electron chi connectivity index (χ3n) is 4.15. The number of carbonyl (C=O) groups excluding carboxylic acids is 1. The lowest BCUT2D eigenvalue weighted by Crippen LogP contribution is -2.13. The van der Waals surface area contributed by atoms with Crippen LogP contribution < -0.4 is 15.4 Å². The van der Waals surface area contributed by atoms with E-state index in [1.807, 2.05) is 24.3 Å². The van der Waals surface area contributed by atoms with Crippen molar-refractivity contribution in [2.45, 2.75) is 6.42 Å². The largest absolute Gasteiger partial charge is 0.497 e. The van der Waals surface area contributed by atoms with Gasteiger partial charge >= 0.3 is 0 Å². The molecule has 28 heavy (non-hydrogen) atoms. The number of hydrogen-bond donors (Lipinski definition) is 2.